The molecule has 0 aliphatic heterocycles. The maximum Gasteiger partial charge on any atom is 0.345 e. The van der Waals surface area contributed by atoms with Gasteiger partial charge in [0.25, 0.3) is 0 Å². The second-order valence-electron chi connectivity index (χ2n) is 3.52. The summed E-state index contributed by atoms with van der Waals surface area (Å²) in [5.41, 5.74) is 0.172. The van der Waals surface area contributed by atoms with Crippen molar-refractivity contribution in [1.82, 2.24) is 4.98 Å². The monoisotopic (exact) mass is 213 g/mol. The molecule has 0 amide bonds. The number of nitrogens with one attached hydrogen (secondary N) is 1. The van der Waals surface area contributed by atoms with Crippen molar-refractivity contribution in [1.29, 1.82) is 0 Å². The van der Waals surface area contributed by atoms with Crippen LogP contribution in [0, 0.1) is 10.1 Å². The summed E-state index contributed by atoms with van der Waals surface area (Å²) in [6.07, 6.45) is 4.62. The lowest BCUT2D eigenvalue weighted by Crippen LogP contribution is -2.19. The molecule has 1 aliphatic rings. The minimum atomic E-state index is -0.408. The molecule has 1 saturated carbocycles. The van der Waals surface area contributed by atoms with Gasteiger partial charge in [-0.2, -0.15) is 0 Å². The summed E-state index contributed by atoms with van der Waals surface area (Å²) >= 11 is 1.10. The van der Waals surface area contributed by atoms with Gasteiger partial charge < -0.3 is 5.32 Å². The van der Waals surface area contributed by atoms with Gasteiger partial charge in [-0.1, -0.05) is 6.92 Å². The summed E-state index contributed by atoms with van der Waals surface area (Å²) < 4.78 is 0. The number of nitrogens with zero attached hydrogens (tertiary/aromatic N) is 2. The lowest BCUT2D eigenvalue weighted by molar-refractivity contribution is -0.380. The highest BCUT2D eigenvalue weighted by Gasteiger charge is 2.41. The largest absolute Gasteiger partial charge is 0.356 e. The smallest absolute Gasteiger partial charge is 0.345 e. The number of thiazole rings is 1. The van der Waals surface area contributed by atoms with Crippen LogP contribution in [0.25, 0.3) is 0 Å². The van der Waals surface area contributed by atoms with Gasteiger partial charge in [0.1, 0.15) is 6.20 Å². The topological polar surface area (TPSA) is 68.1 Å². The molecular formula is C8H11N3O2S. The molecule has 1 fully saturated rings. The minimum absolute atomic E-state index is 0.0967. The summed E-state index contributed by atoms with van der Waals surface area (Å²) in [4.78, 5) is 14.0. The van der Waals surface area contributed by atoms with Crippen molar-refractivity contribution in [2.45, 2.75) is 31.7 Å². The highest BCUT2D eigenvalue weighted by molar-refractivity contribution is 7.18. The first-order valence-electron chi connectivity index (χ1n) is 4.54. The molecule has 1 N–H and O–H groups in total. The molecule has 1 aliphatic carbocycles. The van der Waals surface area contributed by atoms with Gasteiger partial charge in [-0.05, 0) is 30.6 Å². The van der Waals surface area contributed by atoms with E-state index < -0.39 is 4.92 Å². The van der Waals surface area contributed by atoms with Crippen LogP contribution in [0.15, 0.2) is 6.20 Å². The maximum absolute atomic E-state index is 10.4. The molecule has 1 heterocycles. The maximum atomic E-state index is 10.4. The minimum Gasteiger partial charge on any atom is -0.356 e. The second-order valence-corrected chi connectivity index (χ2v) is 4.53. The third kappa shape index (κ3) is 1.70. The summed E-state index contributed by atoms with van der Waals surface area (Å²) in [7, 11) is 0. The summed E-state index contributed by atoms with van der Waals surface area (Å²) in [5, 5.41) is 14.4. The van der Waals surface area contributed by atoms with Gasteiger partial charge in [0, 0.05) is 5.54 Å². The van der Waals surface area contributed by atoms with Gasteiger partial charge in [0.05, 0.1) is 4.92 Å². The van der Waals surface area contributed by atoms with Gasteiger partial charge in [0.15, 0.2) is 5.13 Å². The van der Waals surface area contributed by atoms with E-state index in [1.165, 1.54) is 6.20 Å². The van der Waals surface area contributed by atoms with E-state index in [4.69, 9.17) is 0 Å². The van der Waals surface area contributed by atoms with Gasteiger partial charge >= 0.3 is 5.00 Å². The van der Waals surface area contributed by atoms with Crippen LogP contribution in [0.2, 0.25) is 0 Å². The van der Waals surface area contributed by atoms with Crippen LogP contribution in [-0.4, -0.2) is 15.4 Å². The third-order valence-electron chi connectivity index (χ3n) is 2.58. The first kappa shape index (κ1) is 9.39. The van der Waals surface area contributed by atoms with Crippen molar-refractivity contribution in [3.63, 3.8) is 0 Å². The van der Waals surface area contributed by atoms with Crippen LogP contribution >= 0.6 is 11.3 Å². The van der Waals surface area contributed by atoms with Crippen molar-refractivity contribution < 1.29 is 4.92 Å². The number of rotatable bonds is 4. The Labute approximate surface area is 85.3 Å². The summed E-state index contributed by atoms with van der Waals surface area (Å²) in [5.74, 6) is 0. The zero-order chi connectivity index (χ0) is 10.2. The molecule has 6 heteroatoms. The van der Waals surface area contributed by atoms with Crippen LogP contribution in [0.3, 0.4) is 0 Å². The predicted molar refractivity (Wildman–Crippen MR) is 54.6 cm³/mol. The van der Waals surface area contributed by atoms with E-state index in [9.17, 15) is 10.1 Å². The first-order chi connectivity index (χ1) is 6.65. The molecule has 2 rings (SSSR count). The number of nitro groups is 1. The zero-order valence-corrected chi connectivity index (χ0v) is 8.63. The van der Waals surface area contributed by atoms with Crippen LogP contribution in [-0.2, 0) is 0 Å². The van der Waals surface area contributed by atoms with Crippen LogP contribution in [0.4, 0.5) is 10.1 Å². The Morgan fingerprint density at radius 2 is 2.50 bits per heavy atom. The quantitative estimate of drug-likeness (QED) is 0.616. The van der Waals surface area contributed by atoms with Gasteiger partial charge in [-0.15, -0.1) is 0 Å². The lowest BCUT2D eigenvalue weighted by atomic mass is 10.2. The van der Waals surface area contributed by atoms with E-state index in [2.05, 4.69) is 17.2 Å². The van der Waals surface area contributed by atoms with E-state index in [-0.39, 0.29) is 10.5 Å². The van der Waals surface area contributed by atoms with Crippen molar-refractivity contribution in [3.05, 3.63) is 16.3 Å². The predicted octanol–water partition coefficient (Wildman–Crippen LogP) is 2.41. The highest BCUT2D eigenvalue weighted by Crippen LogP contribution is 2.42. The third-order valence-corrected chi connectivity index (χ3v) is 3.44. The van der Waals surface area contributed by atoms with E-state index in [1.54, 1.807) is 0 Å². The Morgan fingerprint density at radius 1 is 1.79 bits per heavy atom. The Morgan fingerprint density at radius 3 is 2.93 bits per heavy atom. The molecule has 0 atom stereocenters. The summed E-state index contributed by atoms with van der Waals surface area (Å²) in [6, 6.07) is 0. The molecule has 76 valence electrons. The molecule has 0 spiro atoms. The second kappa shape index (κ2) is 3.20. The number of hydrogen-bond acceptors (Lipinski definition) is 5. The van der Waals surface area contributed by atoms with E-state index >= 15 is 0 Å². The Bertz CT molecular complexity index is 359. The van der Waals surface area contributed by atoms with Gasteiger partial charge in [0.2, 0.25) is 0 Å². The molecule has 0 bridgehead atoms. The van der Waals surface area contributed by atoms with Crippen LogP contribution in [0.1, 0.15) is 26.2 Å². The molecule has 0 aromatic carbocycles. The molecule has 1 aromatic heterocycles. The Hall–Kier alpha value is -1.17. The fourth-order valence-electron chi connectivity index (χ4n) is 1.35. The number of hydrogen-bond donors (Lipinski definition) is 1. The van der Waals surface area contributed by atoms with Crippen molar-refractivity contribution in [2.75, 3.05) is 5.32 Å². The van der Waals surface area contributed by atoms with Gasteiger partial charge in [-0.25, -0.2) is 4.98 Å². The van der Waals surface area contributed by atoms with Gasteiger partial charge in [-0.3, -0.25) is 10.1 Å². The first-order valence-corrected chi connectivity index (χ1v) is 5.35. The normalized spacial score (nSPS) is 17.8. The summed E-state index contributed by atoms with van der Waals surface area (Å²) in [6.45, 7) is 2.11. The lowest BCUT2D eigenvalue weighted by Gasteiger charge is -2.12. The van der Waals surface area contributed by atoms with E-state index in [0.717, 1.165) is 30.6 Å². The molecular weight excluding hydrogens is 202 g/mol. The zero-order valence-electron chi connectivity index (χ0n) is 7.82. The number of aromatic nitrogens is 1. The molecule has 0 saturated heterocycles. The fraction of sp³-hybridized carbons (Fsp3) is 0.625. The average Bonchev–Trinajstić information content (AvgIpc) is 2.75. The molecule has 1 aromatic rings. The van der Waals surface area contributed by atoms with Crippen LogP contribution in [0.5, 0.6) is 0 Å². The number of anilines is 1. The average molecular weight is 213 g/mol. The fourth-order valence-corrected chi connectivity index (χ4v) is 2.10. The van der Waals surface area contributed by atoms with Crippen LogP contribution < -0.4 is 5.32 Å². The molecule has 14 heavy (non-hydrogen) atoms. The molecule has 0 radical (unpaired) electrons. The van der Waals surface area contributed by atoms with E-state index in [1.807, 2.05) is 0 Å². The highest BCUT2D eigenvalue weighted by atomic mass is 32.1. The SMILES string of the molecule is CCC1(Nc2ncc([N+](=O)[O-])s2)CC1. The van der Waals surface area contributed by atoms with E-state index in [0.29, 0.717) is 5.13 Å². The molecule has 0 unspecified atom stereocenters. The molecule has 5 nitrogen and oxygen atoms in total. The van der Waals surface area contributed by atoms with Crippen molar-refractivity contribution in [2.24, 2.45) is 0 Å². The Kier molecular flexibility index (Phi) is 2.14. The Balaban J connectivity index is 2.07. The standard InChI is InChI=1S/C8H11N3O2S/c1-2-8(3-4-8)10-7-9-5-6(14-7)11(12)13/h5H,2-4H2,1H3,(H,9,10). The van der Waals surface area contributed by atoms with Crippen molar-refractivity contribution in [3.8, 4) is 0 Å². The van der Waals surface area contributed by atoms with Crippen molar-refractivity contribution >= 4 is 21.5 Å².